The van der Waals surface area contributed by atoms with E-state index in [9.17, 15) is 4.79 Å². The Morgan fingerprint density at radius 1 is 1.50 bits per heavy atom. The molecule has 0 rings (SSSR count). The Balaban J connectivity index is 0. The molecule has 0 aliphatic rings. The quantitative estimate of drug-likeness (QED) is 0.327. The van der Waals surface area contributed by atoms with Gasteiger partial charge < -0.3 is 10.2 Å². The van der Waals surface area contributed by atoms with Gasteiger partial charge in [-0.05, 0) is 13.8 Å². The van der Waals surface area contributed by atoms with Crippen LogP contribution in [0.5, 0.6) is 0 Å². The van der Waals surface area contributed by atoms with Crippen molar-refractivity contribution in [1.82, 2.24) is 0 Å². The second-order valence-electron chi connectivity index (χ2n) is 1.96. The Morgan fingerprint density at radius 2 is 1.60 bits per heavy atom. The van der Waals surface area contributed by atoms with E-state index in [4.69, 9.17) is 20.3 Å². The zero-order chi connectivity index (χ0) is 8.78. The molecule has 6 nitrogen and oxygen atoms in total. The molecule has 0 atom stereocenters. The summed E-state index contributed by atoms with van der Waals surface area (Å²) >= 11 is 0. The van der Waals surface area contributed by atoms with Crippen LogP contribution < -0.4 is 5.34 Å². The first-order valence-electron chi connectivity index (χ1n) is 2.33. The number of rotatable bonds is 1. The maximum atomic E-state index is 9.77. The van der Waals surface area contributed by atoms with Crippen LogP contribution in [0.15, 0.2) is 0 Å². The fraction of sp³-hybridized carbons (Fsp3) is 0.750. The molecule has 0 aliphatic carbocycles. The Kier molecular flexibility index (Phi) is 5.44. The van der Waals surface area contributed by atoms with E-state index in [0.29, 0.717) is 5.34 Å². The third-order valence-corrected chi connectivity index (χ3v) is 0.523. The van der Waals surface area contributed by atoms with E-state index >= 15 is 0 Å². The van der Waals surface area contributed by atoms with E-state index in [1.165, 1.54) is 13.8 Å². The summed E-state index contributed by atoms with van der Waals surface area (Å²) in [4.78, 5) is 18.0. The second kappa shape index (κ2) is 4.68. The molecule has 60 valence electrons. The maximum Gasteiger partial charge on any atom is 0.335 e. The van der Waals surface area contributed by atoms with Crippen LogP contribution in [0.25, 0.3) is 0 Å². The summed E-state index contributed by atoms with van der Waals surface area (Å²) in [7, 11) is 0. The molecule has 0 fully saturated rings. The monoisotopic (exact) mass is 152 g/mol. The van der Waals surface area contributed by atoms with E-state index in [2.05, 4.69) is 0 Å². The fourth-order valence-electron chi connectivity index (χ4n) is 0. The normalized spacial score (nSPS) is 9.10. The van der Waals surface area contributed by atoms with Crippen molar-refractivity contribution in [3.63, 3.8) is 0 Å². The first-order chi connectivity index (χ1) is 4.36. The molecule has 0 saturated carbocycles. The van der Waals surface area contributed by atoms with Crippen LogP contribution in [0.2, 0.25) is 0 Å². The van der Waals surface area contributed by atoms with Gasteiger partial charge in [-0.15, -0.1) is 0 Å². The summed E-state index contributed by atoms with van der Waals surface area (Å²) in [6, 6.07) is 0. The summed E-state index contributed by atoms with van der Waals surface area (Å²) in [5.41, 5.74) is -1.58. The molecule has 0 aliphatic heterocycles. The van der Waals surface area contributed by atoms with Gasteiger partial charge in [-0.3, -0.25) is 0 Å². The van der Waals surface area contributed by atoms with Gasteiger partial charge in [0.15, 0.2) is 10.9 Å². The molecule has 0 spiro atoms. The van der Waals surface area contributed by atoms with Gasteiger partial charge in [0, 0.05) is 0 Å². The molecule has 0 aromatic heterocycles. The Hall–Kier alpha value is -1.17. The second-order valence-corrected chi connectivity index (χ2v) is 1.96. The molecule has 10 heavy (non-hydrogen) atoms. The van der Waals surface area contributed by atoms with Crippen molar-refractivity contribution in [3.05, 3.63) is 4.91 Å². The molecule has 6 heteroatoms. The molecule has 0 aromatic rings. The van der Waals surface area contributed by atoms with Crippen molar-refractivity contribution in [2.24, 2.45) is 0 Å². The number of hydrogen-bond donors (Lipinski definition) is 4. The molecular formula is C4H10NO5+. The standard InChI is InChI=1S/C4H8O3.HNO2/c1-4(2,7)3(5)6;2-1-3/h7H,1-2H3,(H,5,6);1H/p+1. The van der Waals surface area contributed by atoms with E-state index in [-0.39, 0.29) is 0 Å². The van der Waals surface area contributed by atoms with Crippen LogP contribution in [-0.4, -0.2) is 27.0 Å². The summed E-state index contributed by atoms with van der Waals surface area (Å²) in [6.07, 6.45) is 0. The molecule has 4 N–H and O–H groups in total. The highest BCUT2D eigenvalue weighted by atomic mass is 16.6. The van der Waals surface area contributed by atoms with Crippen molar-refractivity contribution >= 4 is 5.97 Å². The highest BCUT2D eigenvalue weighted by Gasteiger charge is 2.21. The zero-order valence-electron chi connectivity index (χ0n) is 5.66. The van der Waals surface area contributed by atoms with E-state index in [1.807, 2.05) is 0 Å². The zero-order valence-corrected chi connectivity index (χ0v) is 5.66. The van der Waals surface area contributed by atoms with Gasteiger partial charge in [-0.1, -0.05) is 0 Å². The molecule has 0 saturated heterocycles. The highest BCUT2D eigenvalue weighted by Crippen LogP contribution is 1.97. The third-order valence-electron chi connectivity index (χ3n) is 0.523. The number of nitrogens with one attached hydrogen (secondary N) is 1. The number of carboxylic acid groups (broad SMARTS) is 1. The summed E-state index contributed by atoms with van der Waals surface area (Å²) < 4.78 is 0. The summed E-state index contributed by atoms with van der Waals surface area (Å²) in [5.74, 6) is -1.20. The van der Waals surface area contributed by atoms with Crippen molar-refractivity contribution in [2.45, 2.75) is 19.4 Å². The van der Waals surface area contributed by atoms with Gasteiger partial charge >= 0.3 is 5.97 Å². The average Bonchev–Trinajstić information content (AvgIpc) is 1.64. The van der Waals surface area contributed by atoms with Crippen LogP contribution in [-0.2, 0) is 4.79 Å². The van der Waals surface area contributed by atoms with E-state index in [0.717, 1.165) is 0 Å². The van der Waals surface area contributed by atoms with Crippen LogP contribution >= 0.6 is 0 Å². The summed E-state index contributed by atoms with van der Waals surface area (Å²) in [5, 5.41) is 23.8. The molecule has 0 bridgehead atoms. The lowest BCUT2D eigenvalue weighted by molar-refractivity contribution is -0.755. The van der Waals surface area contributed by atoms with Gasteiger partial charge in [-0.25, -0.2) is 10.0 Å². The minimum Gasteiger partial charge on any atom is -0.479 e. The van der Waals surface area contributed by atoms with Crippen molar-refractivity contribution < 1.29 is 25.6 Å². The average molecular weight is 152 g/mol. The topological polar surface area (TPSA) is 109 Å². The third kappa shape index (κ3) is 9.95. The first kappa shape index (κ1) is 11.6. The molecule has 0 radical (unpaired) electrons. The van der Waals surface area contributed by atoms with Crippen LogP contribution in [0.3, 0.4) is 0 Å². The van der Waals surface area contributed by atoms with Crippen molar-refractivity contribution in [3.8, 4) is 0 Å². The minimum absolute atomic E-state index is 0.500. The lowest BCUT2D eigenvalue weighted by Crippen LogP contribution is -2.58. The van der Waals surface area contributed by atoms with Gasteiger partial charge in [0.25, 0.3) is 0 Å². The van der Waals surface area contributed by atoms with Gasteiger partial charge in [0.1, 0.15) is 0 Å². The fourth-order valence-corrected chi connectivity index (χ4v) is 0. The summed E-state index contributed by atoms with van der Waals surface area (Å²) in [6.45, 7) is 2.44. The van der Waals surface area contributed by atoms with Gasteiger partial charge in [0.05, 0.1) is 4.91 Å². The predicted molar refractivity (Wildman–Crippen MR) is 30.0 cm³/mol. The lowest BCUT2D eigenvalue weighted by atomic mass is 10.1. The number of aliphatic hydroxyl groups is 1. The molecule has 0 heterocycles. The van der Waals surface area contributed by atoms with Gasteiger partial charge in [-0.2, -0.15) is 0 Å². The smallest absolute Gasteiger partial charge is 0.335 e. The van der Waals surface area contributed by atoms with Crippen LogP contribution in [0.4, 0.5) is 0 Å². The Morgan fingerprint density at radius 3 is 1.60 bits per heavy atom. The van der Waals surface area contributed by atoms with E-state index < -0.39 is 11.6 Å². The largest absolute Gasteiger partial charge is 0.479 e. The number of hydrogen-bond acceptors (Lipinski definition) is 3. The minimum atomic E-state index is -1.58. The van der Waals surface area contributed by atoms with Crippen molar-refractivity contribution in [2.75, 3.05) is 0 Å². The highest BCUT2D eigenvalue weighted by molar-refractivity contribution is 5.75. The number of carboxylic acids is 1. The molecule has 0 amide bonds. The van der Waals surface area contributed by atoms with Gasteiger partial charge in [0.2, 0.25) is 0 Å². The molecular weight excluding hydrogens is 142 g/mol. The van der Waals surface area contributed by atoms with Crippen LogP contribution in [0, 0.1) is 4.91 Å². The Labute approximate surface area is 57.0 Å². The number of carbonyl (C=O) groups is 1. The van der Waals surface area contributed by atoms with E-state index in [1.54, 1.807) is 0 Å². The first-order valence-corrected chi connectivity index (χ1v) is 2.33. The maximum absolute atomic E-state index is 9.77. The number of aliphatic carboxylic acids is 1. The molecule has 0 unspecified atom stereocenters. The molecule has 0 aromatic carbocycles. The van der Waals surface area contributed by atoms with Crippen LogP contribution in [0.1, 0.15) is 13.8 Å². The predicted octanol–water partition coefficient (Wildman–Crippen LogP) is -1.94. The van der Waals surface area contributed by atoms with Crippen molar-refractivity contribution in [1.29, 1.82) is 0 Å². The lowest BCUT2D eigenvalue weighted by Gasteiger charge is -2.07. The SMILES string of the molecule is CC(C)(O)C(=O)O.O=[NH+]O. The Bertz CT molecular complexity index is 115.